The maximum atomic E-state index is 6.05. The number of nitrogens with two attached hydrogens (primary N) is 1. The van der Waals surface area contributed by atoms with Crippen LogP contribution in [0.4, 0.5) is 5.95 Å². The molecular weight excluding hydrogens is 198 g/mol. The molecule has 0 radical (unpaired) electrons. The smallest absolute Gasteiger partial charge is 0.197 e. The highest BCUT2D eigenvalue weighted by atomic mass is 35.5. The second-order valence-electron chi connectivity index (χ2n) is 3.17. The Morgan fingerprint density at radius 2 is 2.21 bits per heavy atom. The average Bonchev–Trinajstić information content (AvgIpc) is 2.56. The van der Waals surface area contributed by atoms with E-state index in [0.29, 0.717) is 11.0 Å². The Labute approximate surface area is 86.9 Å². The van der Waals surface area contributed by atoms with Crippen LogP contribution in [0, 0.1) is 6.92 Å². The maximum Gasteiger partial charge on any atom is 0.197 e. The molecule has 0 bridgehead atoms. The molecule has 4 heteroatoms. The second kappa shape index (κ2) is 3.35. The second-order valence-corrected chi connectivity index (χ2v) is 3.57. The fourth-order valence-electron chi connectivity index (χ4n) is 1.32. The quantitative estimate of drug-likeness (QED) is 0.755. The van der Waals surface area contributed by atoms with Gasteiger partial charge in [0, 0.05) is 10.6 Å². The predicted octanol–water partition coefficient (Wildman–Crippen LogP) is 2.62. The zero-order chi connectivity index (χ0) is 10.1. The minimum atomic E-state index is 0.401. The van der Waals surface area contributed by atoms with Crippen LogP contribution in [-0.4, -0.2) is 9.97 Å². The molecule has 14 heavy (non-hydrogen) atoms. The van der Waals surface area contributed by atoms with Crippen LogP contribution >= 0.6 is 11.6 Å². The highest BCUT2D eigenvalue weighted by Crippen LogP contribution is 2.27. The van der Waals surface area contributed by atoms with Crippen molar-refractivity contribution in [2.24, 2.45) is 0 Å². The minimum Gasteiger partial charge on any atom is -0.369 e. The summed E-state index contributed by atoms with van der Waals surface area (Å²) in [6, 6.07) is 5.82. The predicted molar refractivity (Wildman–Crippen MR) is 58.2 cm³/mol. The van der Waals surface area contributed by atoms with E-state index < -0.39 is 0 Å². The summed E-state index contributed by atoms with van der Waals surface area (Å²) < 4.78 is 0. The number of benzene rings is 1. The van der Waals surface area contributed by atoms with E-state index in [1.54, 1.807) is 6.20 Å². The van der Waals surface area contributed by atoms with Gasteiger partial charge in [-0.25, -0.2) is 4.98 Å². The van der Waals surface area contributed by atoms with Crippen LogP contribution in [0.1, 0.15) is 5.56 Å². The van der Waals surface area contributed by atoms with Gasteiger partial charge in [-0.3, -0.25) is 0 Å². The molecule has 0 aliphatic rings. The van der Waals surface area contributed by atoms with E-state index in [2.05, 4.69) is 9.97 Å². The lowest BCUT2D eigenvalue weighted by molar-refractivity contribution is 1.32. The fraction of sp³-hybridized carbons (Fsp3) is 0.100. The number of H-pyrrole nitrogens is 1. The van der Waals surface area contributed by atoms with Crippen LogP contribution in [0.2, 0.25) is 5.02 Å². The van der Waals surface area contributed by atoms with Gasteiger partial charge >= 0.3 is 0 Å². The molecule has 0 aliphatic carbocycles. The monoisotopic (exact) mass is 207 g/mol. The van der Waals surface area contributed by atoms with Crippen LogP contribution in [0.3, 0.4) is 0 Å². The summed E-state index contributed by atoms with van der Waals surface area (Å²) in [5, 5.41) is 0.694. The minimum absolute atomic E-state index is 0.401. The van der Waals surface area contributed by atoms with E-state index in [1.807, 2.05) is 25.1 Å². The van der Waals surface area contributed by atoms with E-state index >= 15 is 0 Å². The molecule has 2 aromatic rings. The first-order chi connectivity index (χ1) is 6.66. The summed E-state index contributed by atoms with van der Waals surface area (Å²) in [5.74, 6) is 0.401. The third kappa shape index (κ3) is 1.59. The van der Waals surface area contributed by atoms with Crippen LogP contribution in [0.25, 0.3) is 11.3 Å². The normalized spacial score (nSPS) is 10.4. The number of nitrogens with zero attached hydrogens (tertiary/aromatic N) is 1. The number of nitrogens with one attached hydrogen (secondary N) is 1. The van der Waals surface area contributed by atoms with E-state index in [9.17, 15) is 0 Å². The molecule has 0 amide bonds. The molecular formula is C10H10ClN3. The van der Waals surface area contributed by atoms with Crippen molar-refractivity contribution in [3.63, 3.8) is 0 Å². The van der Waals surface area contributed by atoms with Gasteiger partial charge in [-0.05, 0) is 19.1 Å². The Kier molecular flexibility index (Phi) is 2.17. The molecule has 0 aliphatic heterocycles. The van der Waals surface area contributed by atoms with Gasteiger partial charge in [0.15, 0.2) is 5.95 Å². The maximum absolute atomic E-state index is 6.05. The van der Waals surface area contributed by atoms with Crippen molar-refractivity contribution < 1.29 is 0 Å². The molecule has 0 fully saturated rings. The van der Waals surface area contributed by atoms with Crippen molar-refractivity contribution in [3.05, 3.63) is 35.0 Å². The third-order valence-electron chi connectivity index (χ3n) is 2.01. The van der Waals surface area contributed by atoms with Gasteiger partial charge in [0.25, 0.3) is 0 Å². The Morgan fingerprint density at radius 1 is 1.43 bits per heavy atom. The number of halogens is 1. The van der Waals surface area contributed by atoms with E-state index in [4.69, 9.17) is 17.3 Å². The summed E-state index contributed by atoms with van der Waals surface area (Å²) in [6.45, 7) is 2.01. The molecule has 0 saturated carbocycles. The lowest BCUT2D eigenvalue weighted by atomic mass is 10.1. The van der Waals surface area contributed by atoms with Crippen LogP contribution in [0.5, 0.6) is 0 Å². The average molecular weight is 208 g/mol. The molecule has 1 aromatic heterocycles. The number of nitrogen functional groups attached to an aromatic ring is 1. The first kappa shape index (κ1) is 9.09. The largest absolute Gasteiger partial charge is 0.369 e. The van der Waals surface area contributed by atoms with Crippen molar-refractivity contribution >= 4 is 17.5 Å². The van der Waals surface area contributed by atoms with Gasteiger partial charge in [0.1, 0.15) is 0 Å². The Hall–Kier alpha value is -1.48. The number of rotatable bonds is 1. The molecule has 1 heterocycles. The van der Waals surface area contributed by atoms with Crippen molar-refractivity contribution in [2.75, 3.05) is 5.73 Å². The highest BCUT2D eigenvalue weighted by molar-refractivity contribution is 6.33. The summed E-state index contributed by atoms with van der Waals surface area (Å²) in [4.78, 5) is 6.87. The number of hydrogen-bond donors (Lipinski definition) is 2. The van der Waals surface area contributed by atoms with Crippen LogP contribution in [0.15, 0.2) is 24.4 Å². The van der Waals surface area contributed by atoms with Crippen LogP contribution in [-0.2, 0) is 0 Å². The van der Waals surface area contributed by atoms with Gasteiger partial charge in [-0.15, -0.1) is 0 Å². The zero-order valence-corrected chi connectivity index (χ0v) is 8.47. The molecule has 3 nitrogen and oxygen atoms in total. The van der Waals surface area contributed by atoms with Crippen molar-refractivity contribution in [1.82, 2.24) is 9.97 Å². The summed E-state index contributed by atoms with van der Waals surface area (Å²) in [7, 11) is 0. The summed E-state index contributed by atoms with van der Waals surface area (Å²) in [5.41, 5.74) is 8.42. The first-order valence-electron chi connectivity index (χ1n) is 4.24. The van der Waals surface area contributed by atoms with E-state index in [1.165, 1.54) is 0 Å². The highest BCUT2D eigenvalue weighted by Gasteiger charge is 2.05. The standard InChI is InChI=1S/C10H10ClN3/c1-6-2-3-8(11)7(4-6)9-5-13-10(12)14-9/h2-5H,1H3,(H3,12,13,14). The molecule has 0 atom stereocenters. The zero-order valence-electron chi connectivity index (χ0n) is 7.71. The number of hydrogen-bond acceptors (Lipinski definition) is 2. The molecule has 0 saturated heterocycles. The van der Waals surface area contributed by atoms with Crippen molar-refractivity contribution in [3.8, 4) is 11.3 Å². The molecule has 0 spiro atoms. The number of aryl methyl sites for hydroxylation is 1. The number of aromatic nitrogens is 2. The number of anilines is 1. The van der Waals surface area contributed by atoms with E-state index in [-0.39, 0.29) is 0 Å². The van der Waals surface area contributed by atoms with Gasteiger partial charge in [-0.2, -0.15) is 0 Å². The van der Waals surface area contributed by atoms with Gasteiger partial charge in [-0.1, -0.05) is 23.2 Å². The summed E-state index contributed by atoms with van der Waals surface area (Å²) in [6.07, 6.45) is 1.68. The Morgan fingerprint density at radius 3 is 2.86 bits per heavy atom. The molecule has 0 unspecified atom stereocenters. The van der Waals surface area contributed by atoms with Gasteiger partial charge in [0.05, 0.1) is 11.9 Å². The SMILES string of the molecule is Cc1ccc(Cl)c(-c2cnc(N)[nH]2)c1. The van der Waals surface area contributed by atoms with Crippen molar-refractivity contribution in [1.29, 1.82) is 0 Å². The molecule has 72 valence electrons. The number of imidazole rings is 1. The topological polar surface area (TPSA) is 54.7 Å². The first-order valence-corrected chi connectivity index (χ1v) is 4.61. The van der Waals surface area contributed by atoms with Crippen molar-refractivity contribution in [2.45, 2.75) is 6.92 Å². The Bertz CT molecular complexity index is 462. The Balaban J connectivity index is 2.55. The van der Waals surface area contributed by atoms with Gasteiger partial charge < -0.3 is 10.7 Å². The fourth-order valence-corrected chi connectivity index (χ4v) is 1.54. The third-order valence-corrected chi connectivity index (χ3v) is 2.34. The summed E-state index contributed by atoms with van der Waals surface area (Å²) >= 11 is 6.05. The van der Waals surface area contributed by atoms with Gasteiger partial charge in [0.2, 0.25) is 0 Å². The van der Waals surface area contributed by atoms with E-state index in [0.717, 1.165) is 16.8 Å². The lowest BCUT2D eigenvalue weighted by Crippen LogP contribution is -1.86. The van der Waals surface area contributed by atoms with Crippen LogP contribution < -0.4 is 5.73 Å². The lowest BCUT2D eigenvalue weighted by Gasteiger charge is -2.02. The molecule has 3 N–H and O–H groups in total. The molecule has 1 aromatic carbocycles. The molecule has 2 rings (SSSR count). The number of aromatic amines is 1.